The Kier molecular flexibility index (Phi) is 7.80. The van der Waals surface area contributed by atoms with Gasteiger partial charge in [-0.05, 0) is 59.0 Å². The fourth-order valence-corrected chi connectivity index (χ4v) is 2.43. The quantitative estimate of drug-likeness (QED) is 0.685. The maximum Gasteiger partial charge on any atom is 0.237 e. The maximum absolute atomic E-state index is 12.0. The van der Waals surface area contributed by atoms with Gasteiger partial charge < -0.3 is 5.32 Å². The first kappa shape index (κ1) is 16.2. The van der Waals surface area contributed by atoms with Crippen LogP contribution in [0.5, 0.6) is 0 Å². The lowest BCUT2D eigenvalue weighted by Crippen LogP contribution is -2.43. The molecule has 1 aliphatic carbocycles. The number of carbonyl (C=O) groups is 1. The minimum Gasteiger partial charge on any atom is -0.354 e. The monoisotopic (exact) mass is 266 g/mol. The number of hydrogen-bond donors (Lipinski definition) is 1. The Hall–Kier alpha value is -0.830. The van der Waals surface area contributed by atoms with E-state index in [9.17, 15) is 4.79 Å². The van der Waals surface area contributed by atoms with Crippen LogP contribution in [0.1, 0.15) is 58.8 Å². The predicted molar refractivity (Wildman–Crippen MR) is 81.2 cm³/mol. The molecule has 19 heavy (non-hydrogen) atoms. The predicted octanol–water partition coefficient (Wildman–Crippen LogP) is 3.11. The van der Waals surface area contributed by atoms with E-state index in [1.54, 1.807) is 0 Å². The first-order valence-corrected chi connectivity index (χ1v) is 7.81. The Balaban J connectivity index is 2.20. The number of rotatable bonds is 8. The van der Waals surface area contributed by atoms with Crippen molar-refractivity contribution in [3.63, 3.8) is 0 Å². The highest BCUT2D eigenvalue weighted by Crippen LogP contribution is 2.19. The second-order valence-corrected chi connectivity index (χ2v) is 5.66. The average molecular weight is 266 g/mol. The lowest BCUT2D eigenvalue weighted by molar-refractivity contribution is -0.125. The van der Waals surface area contributed by atoms with Crippen LogP contribution in [0.3, 0.4) is 0 Å². The summed E-state index contributed by atoms with van der Waals surface area (Å²) in [5.41, 5.74) is 1.53. The van der Waals surface area contributed by atoms with E-state index >= 15 is 0 Å². The van der Waals surface area contributed by atoms with Crippen molar-refractivity contribution >= 4 is 5.91 Å². The summed E-state index contributed by atoms with van der Waals surface area (Å²) in [5, 5.41) is 3.07. The maximum atomic E-state index is 12.0. The lowest BCUT2D eigenvalue weighted by Gasteiger charge is -2.23. The van der Waals surface area contributed by atoms with E-state index in [2.05, 4.69) is 23.2 Å². The van der Waals surface area contributed by atoms with E-state index in [-0.39, 0.29) is 11.9 Å². The Morgan fingerprint density at radius 3 is 2.89 bits per heavy atom. The van der Waals surface area contributed by atoms with E-state index in [0.717, 1.165) is 25.9 Å². The summed E-state index contributed by atoms with van der Waals surface area (Å²) < 4.78 is 0. The zero-order chi connectivity index (χ0) is 14.1. The standard InChI is InChI=1S/C16H30N2O/c1-4-5-13-18(3)14(2)16(19)17-12-11-15-9-7-6-8-10-15/h9,14H,4-8,10-13H2,1-3H3,(H,17,19). The van der Waals surface area contributed by atoms with Gasteiger partial charge in [0.2, 0.25) is 5.91 Å². The third-order valence-corrected chi connectivity index (χ3v) is 4.04. The van der Waals surface area contributed by atoms with Gasteiger partial charge in [-0.3, -0.25) is 9.69 Å². The Labute approximate surface area is 118 Å². The second kappa shape index (κ2) is 9.13. The molecule has 0 bridgehead atoms. The van der Waals surface area contributed by atoms with Gasteiger partial charge in [0, 0.05) is 6.54 Å². The van der Waals surface area contributed by atoms with Gasteiger partial charge in [0.15, 0.2) is 0 Å². The number of allylic oxidation sites excluding steroid dienone is 1. The van der Waals surface area contributed by atoms with Gasteiger partial charge in [-0.2, -0.15) is 0 Å². The van der Waals surface area contributed by atoms with E-state index in [1.165, 1.54) is 37.7 Å². The average Bonchev–Trinajstić information content (AvgIpc) is 2.44. The molecule has 0 radical (unpaired) electrons. The molecular weight excluding hydrogens is 236 g/mol. The minimum atomic E-state index is -0.0214. The summed E-state index contributed by atoms with van der Waals surface area (Å²) in [7, 11) is 2.03. The van der Waals surface area contributed by atoms with Crippen molar-refractivity contribution < 1.29 is 4.79 Å². The van der Waals surface area contributed by atoms with Crippen molar-refractivity contribution in [1.29, 1.82) is 0 Å². The Morgan fingerprint density at radius 1 is 1.47 bits per heavy atom. The van der Waals surface area contributed by atoms with Crippen molar-refractivity contribution in [1.82, 2.24) is 10.2 Å². The van der Waals surface area contributed by atoms with Crippen LogP contribution in [-0.2, 0) is 4.79 Å². The van der Waals surface area contributed by atoms with Crippen molar-refractivity contribution in [2.24, 2.45) is 0 Å². The van der Waals surface area contributed by atoms with Crippen molar-refractivity contribution in [2.45, 2.75) is 64.8 Å². The molecular formula is C16H30N2O. The van der Waals surface area contributed by atoms with Crippen LogP contribution >= 0.6 is 0 Å². The third-order valence-electron chi connectivity index (χ3n) is 4.04. The molecule has 0 saturated carbocycles. The minimum absolute atomic E-state index is 0.0214. The second-order valence-electron chi connectivity index (χ2n) is 5.66. The van der Waals surface area contributed by atoms with Crippen LogP contribution in [0.4, 0.5) is 0 Å². The molecule has 0 aromatic carbocycles. The summed E-state index contributed by atoms with van der Waals surface area (Å²) in [5.74, 6) is 0.162. The van der Waals surface area contributed by atoms with Crippen LogP contribution < -0.4 is 5.32 Å². The molecule has 1 rings (SSSR count). The van der Waals surface area contributed by atoms with Crippen LogP contribution in [0.25, 0.3) is 0 Å². The van der Waals surface area contributed by atoms with Crippen LogP contribution in [0, 0.1) is 0 Å². The van der Waals surface area contributed by atoms with Gasteiger partial charge in [0.05, 0.1) is 6.04 Å². The van der Waals surface area contributed by atoms with Gasteiger partial charge in [-0.25, -0.2) is 0 Å². The zero-order valence-corrected chi connectivity index (χ0v) is 12.9. The molecule has 1 aliphatic rings. The third kappa shape index (κ3) is 6.24. The number of nitrogens with one attached hydrogen (secondary N) is 1. The largest absolute Gasteiger partial charge is 0.354 e. The van der Waals surface area contributed by atoms with Crippen LogP contribution in [0.15, 0.2) is 11.6 Å². The fourth-order valence-electron chi connectivity index (χ4n) is 2.43. The van der Waals surface area contributed by atoms with Crippen LogP contribution in [-0.4, -0.2) is 37.0 Å². The van der Waals surface area contributed by atoms with Crippen LogP contribution in [0.2, 0.25) is 0 Å². The fraction of sp³-hybridized carbons (Fsp3) is 0.812. The highest BCUT2D eigenvalue weighted by atomic mass is 16.2. The van der Waals surface area contributed by atoms with Crippen molar-refractivity contribution in [2.75, 3.05) is 20.1 Å². The molecule has 1 atom stereocenters. The number of amides is 1. The molecule has 0 spiro atoms. The lowest BCUT2D eigenvalue weighted by atomic mass is 9.97. The van der Waals surface area contributed by atoms with Gasteiger partial charge in [-0.1, -0.05) is 25.0 Å². The summed E-state index contributed by atoms with van der Waals surface area (Å²) >= 11 is 0. The first-order valence-electron chi connectivity index (χ1n) is 7.81. The number of unbranched alkanes of at least 4 members (excludes halogenated alkanes) is 1. The van der Waals surface area contributed by atoms with E-state index in [1.807, 2.05) is 14.0 Å². The summed E-state index contributed by atoms with van der Waals surface area (Å²) in [6.45, 7) is 5.95. The highest BCUT2D eigenvalue weighted by Gasteiger charge is 2.16. The van der Waals surface area contributed by atoms with Gasteiger partial charge in [0.25, 0.3) is 0 Å². The SMILES string of the molecule is CCCCN(C)C(C)C(=O)NCCC1=CCCCC1. The molecule has 0 heterocycles. The Morgan fingerprint density at radius 2 is 2.26 bits per heavy atom. The molecule has 1 unspecified atom stereocenters. The molecule has 0 aromatic heterocycles. The van der Waals surface area contributed by atoms with Crippen molar-refractivity contribution in [3.8, 4) is 0 Å². The van der Waals surface area contributed by atoms with E-state index in [0.29, 0.717) is 0 Å². The normalized spacial score (nSPS) is 17.2. The molecule has 0 aromatic rings. The molecule has 110 valence electrons. The van der Waals surface area contributed by atoms with Crippen molar-refractivity contribution in [3.05, 3.63) is 11.6 Å². The smallest absolute Gasteiger partial charge is 0.237 e. The molecule has 3 nitrogen and oxygen atoms in total. The topological polar surface area (TPSA) is 32.3 Å². The number of carbonyl (C=O) groups excluding carboxylic acids is 1. The number of hydrogen-bond acceptors (Lipinski definition) is 2. The van der Waals surface area contributed by atoms with E-state index in [4.69, 9.17) is 0 Å². The van der Waals surface area contributed by atoms with Gasteiger partial charge in [0.1, 0.15) is 0 Å². The highest BCUT2D eigenvalue weighted by molar-refractivity contribution is 5.81. The molecule has 1 N–H and O–H groups in total. The molecule has 0 saturated heterocycles. The summed E-state index contributed by atoms with van der Waals surface area (Å²) in [6.07, 6.45) is 10.8. The van der Waals surface area contributed by atoms with Gasteiger partial charge in [-0.15, -0.1) is 0 Å². The summed E-state index contributed by atoms with van der Waals surface area (Å²) in [6, 6.07) is -0.0214. The first-order chi connectivity index (χ1) is 9.15. The molecule has 0 fully saturated rings. The zero-order valence-electron chi connectivity index (χ0n) is 12.9. The number of likely N-dealkylation sites (N-methyl/N-ethyl adjacent to an activating group) is 1. The van der Waals surface area contributed by atoms with Gasteiger partial charge >= 0.3 is 0 Å². The summed E-state index contributed by atoms with van der Waals surface area (Å²) in [4.78, 5) is 14.2. The molecule has 3 heteroatoms. The molecule has 0 aliphatic heterocycles. The molecule has 1 amide bonds. The van der Waals surface area contributed by atoms with E-state index < -0.39 is 0 Å². The Bertz CT molecular complexity index is 299. The number of nitrogens with zero attached hydrogens (tertiary/aromatic N) is 1.